The minimum Gasteiger partial charge on any atom is -0.465 e. The molecule has 0 amide bonds. The monoisotopic (exact) mass is 330 g/mol. The third-order valence-electron chi connectivity index (χ3n) is 2.73. The van der Waals surface area contributed by atoms with Gasteiger partial charge in [0, 0.05) is 6.54 Å². The second-order valence-corrected chi connectivity index (χ2v) is 6.04. The van der Waals surface area contributed by atoms with Crippen LogP contribution in [0.2, 0.25) is 0 Å². The molecular weight excluding hydrogens is 312 g/mol. The number of carbonyl (C=O) groups excluding carboxylic acids is 2. The van der Waals surface area contributed by atoms with E-state index in [9.17, 15) is 18.0 Å². The van der Waals surface area contributed by atoms with Gasteiger partial charge in [0.05, 0.1) is 30.2 Å². The summed E-state index contributed by atoms with van der Waals surface area (Å²) in [5.41, 5.74) is 5.17. The third-order valence-corrected chi connectivity index (χ3v) is 4.17. The molecule has 0 fully saturated rings. The minimum atomic E-state index is -3.88. The van der Waals surface area contributed by atoms with E-state index in [4.69, 9.17) is 5.73 Å². The van der Waals surface area contributed by atoms with Gasteiger partial charge in [-0.3, -0.25) is 0 Å². The summed E-state index contributed by atoms with van der Waals surface area (Å²) in [6.45, 7) is 0.479. The van der Waals surface area contributed by atoms with E-state index in [1.54, 1.807) is 0 Å². The summed E-state index contributed by atoms with van der Waals surface area (Å²) in [7, 11) is -1.57. The van der Waals surface area contributed by atoms with Gasteiger partial charge in [-0.05, 0) is 31.2 Å². The summed E-state index contributed by atoms with van der Waals surface area (Å²) in [4.78, 5) is 23.0. The molecule has 0 radical (unpaired) electrons. The normalized spacial score (nSPS) is 11.0. The molecule has 1 rings (SSSR count). The van der Waals surface area contributed by atoms with E-state index < -0.39 is 22.0 Å². The predicted octanol–water partition coefficient (Wildman–Crippen LogP) is -0.113. The molecule has 0 bridgehead atoms. The van der Waals surface area contributed by atoms with Gasteiger partial charge in [-0.2, -0.15) is 0 Å². The van der Waals surface area contributed by atoms with Crippen molar-refractivity contribution < 1.29 is 27.5 Å². The van der Waals surface area contributed by atoms with Crippen LogP contribution in [-0.4, -0.2) is 47.7 Å². The van der Waals surface area contributed by atoms with Crippen molar-refractivity contribution in [2.45, 2.75) is 11.3 Å². The standard InChI is InChI=1S/C13H18N2O6S/c1-20-12(16)9-6-10(13(17)21-2)8-11(7-9)22(18,19)15-5-3-4-14/h6-8,15H,3-5,14H2,1-2H3. The van der Waals surface area contributed by atoms with E-state index in [-0.39, 0.29) is 22.6 Å². The van der Waals surface area contributed by atoms with E-state index in [1.165, 1.54) is 6.07 Å². The first-order valence-electron chi connectivity index (χ1n) is 6.37. The topological polar surface area (TPSA) is 125 Å². The number of esters is 2. The van der Waals surface area contributed by atoms with Gasteiger partial charge >= 0.3 is 11.9 Å². The van der Waals surface area contributed by atoms with Gasteiger partial charge < -0.3 is 15.2 Å². The molecule has 1 aromatic rings. The Labute approximate surface area is 128 Å². The number of nitrogens with one attached hydrogen (secondary N) is 1. The summed E-state index contributed by atoms with van der Waals surface area (Å²) in [5, 5.41) is 0. The maximum absolute atomic E-state index is 12.2. The molecule has 0 unspecified atom stereocenters. The SMILES string of the molecule is COC(=O)c1cc(C(=O)OC)cc(S(=O)(=O)NCCCN)c1. The largest absolute Gasteiger partial charge is 0.465 e. The lowest BCUT2D eigenvalue weighted by atomic mass is 10.1. The maximum atomic E-state index is 12.2. The summed E-state index contributed by atoms with van der Waals surface area (Å²) in [5.74, 6) is -1.52. The van der Waals surface area contributed by atoms with Crippen molar-refractivity contribution in [3.05, 3.63) is 29.3 Å². The lowest BCUT2D eigenvalue weighted by Crippen LogP contribution is -2.26. The third kappa shape index (κ3) is 4.52. The summed E-state index contributed by atoms with van der Waals surface area (Å²) in [6.07, 6.45) is 0.458. The highest BCUT2D eigenvalue weighted by atomic mass is 32.2. The second-order valence-electron chi connectivity index (χ2n) is 4.27. The molecular formula is C13H18N2O6S. The Bertz CT molecular complexity index is 622. The van der Waals surface area contributed by atoms with Crippen LogP contribution in [-0.2, 0) is 19.5 Å². The van der Waals surface area contributed by atoms with Gasteiger partial charge in [-0.15, -0.1) is 0 Å². The maximum Gasteiger partial charge on any atom is 0.337 e. The number of carbonyl (C=O) groups is 2. The average molecular weight is 330 g/mol. The lowest BCUT2D eigenvalue weighted by Gasteiger charge is -2.10. The van der Waals surface area contributed by atoms with Crippen molar-refractivity contribution in [1.29, 1.82) is 0 Å². The predicted molar refractivity (Wildman–Crippen MR) is 78.0 cm³/mol. The first-order chi connectivity index (χ1) is 10.4. The van der Waals surface area contributed by atoms with Crippen molar-refractivity contribution in [3.8, 4) is 0 Å². The Morgan fingerprint density at radius 2 is 1.59 bits per heavy atom. The fourth-order valence-electron chi connectivity index (χ4n) is 1.62. The molecule has 9 heteroatoms. The average Bonchev–Trinajstić information content (AvgIpc) is 2.52. The summed E-state index contributed by atoms with van der Waals surface area (Å²) >= 11 is 0. The molecule has 0 aromatic heterocycles. The highest BCUT2D eigenvalue weighted by molar-refractivity contribution is 7.89. The highest BCUT2D eigenvalue weighted by Crippen LogP contribution is 2.17. The molecule has 0 aliphatic carbocycles. The Balaban J connectivity index is 3.28. The van der Waals surface area contributed by atoms with Crippen molar-refractivity contribution in [1.82, 2.24) is 4.72 Å². The number of hydrogen-bond donors (Lipinski definition) is 2. The van der Waals surface area contributed by atoms with Gasteiger partial charge in [0.2, 0.25) is 10.0 Å². The van der Waals surface area contributed by atoms with Crippen LogP contribution in [0, 0.1) is 0 Å². The molecule has 3 N–H and O–H groups in total. The zero-order valence-electron chi connectivity index (χ0n) is 12.3. The Morgan fingerprint density at radius 1 is 1.09 bits per heavy atom. The molecule has 0 aliphatic heterocycles. The molecule has 0 heterocycles. The van der Waals surface area contributed by atoms with E-state index in [1.807, 2.05) is 0 Å². The highest BCUT2D eigenvalue weighted by Gasteiger charge is 2.20. The van der Waals surface area contributed by atoms with Crippen LogP contribution < -0.4 is 10.5 Å². The lowest BCUT2D eigenvalue weighted by molar-refractivity contribution is 0.0598. The van der Waals surface area contributed by atoms with E-state index in [2.05, 4.69) is 14.2 Å². The molecule has 0 saturated carbocycles. The van der Waals surface area contributed by atoms with Crippen molar-refractivity contribution in [3.63, 3.8) is 0 Å². The fraction of sp³-hybridized carbons (Fsp3) is 0.385. The smallest absolute Gasteiger partial charge is 0.337 e. The fourth-order valence-corrected chi connectivity index (χ4v) is 2.76. The molecule has 8 nitrogen and oxygen atoms in total. The van der Waals surface area contributed by atoms with Gasteiger partial charge in [0.15, 0.2) is 0 Å². The van der Waals surface area contributed by atoms with Crippen LogP contribution in [0.5, 0.6) is 0 Å². The molecule has 0 atom stereocenters. The second kappa shape index (κ2) is 7.87. The first-order valence-corrected chi connectivity index (χ1v) is 7.85. The number of nitrogens with two attached hydrogens (primary N) is 1. The van der Waals surface area contributed by atoms with Crippen molar-refractivity contribution in [2.24, 2.45) is 5.73 Å². The molecule has 122 valence electrons. The number of sulfonamides is 1. The van der Waals surface area contributed by atoms with E-state index in [0.29, 0.717) is 13.0 Å². The molecule has 0 aliphatic rings. The van der Waals surface area contributed by atoms with Gasteiger partial charge in [0.25, 0.3) is 0 Å². The first kappa shape index (κ1) is 18.1. The van der Waals surface area contributed by atoms with E-state index in [0.717, 1.165) is 26.4 Å². The van der Waals surface area contributed by atoms with Crippen LogP contribution in [0.3, 0.4) is 0 Å². The number of hydrogen-bond acceptors (Lipinski definition) is 7. The van der Waals surface area contributed by atoms with Crippen LogP contribution in [0.25, 0.3) is 0 Å². The number of benzene rings is 1. The number of ether oxygens (including phenoxy) is 2. The van der Waals surface area contributed by atoms with Gasteiger partial charge in [0.1, 0.15) is 0 Å². The minimum absolute atomic E-state index is 0.0652. The van der Waals surface area contributed by atoms with Crippen LogP contribution in [0.4, 0.5) is 0 Å². The molecule has 0 saturated heterocycles. The van der Waals surface area contributed by atoms with Crippen molar-refractivity contribution >= 4 is 22.0 Å². The Morgan fingerprint density at radius 3 is 2.00 bits per heavy atom. The van der Waals surface area contributed by atoms with E-state index >= 15 is 0 Å². The Kier molecular flexibility index (Phi) is 6.47. The van der Waals surface area contributed by atoms with Crippen LogP contribution in [0.15, 0.2) is 23.1 Å². The number of rotatable bonds is 7. The van der Waals surface area contributed by atoms with Crippen LogP contribution in [0.1, 0.15) is 27.1 Å². The molecule has 0 spiro atoms. The Hall–Kier alpha value is -1.97. The summed E-state index contributed by atoms with van der Waals surface area (Å²) in [6, 6.07) is 3.46. The quantitative estimate of drug-likeness (QED) is 0.527. The van der Waals surface area contributed by atoms with Gasteiger partial charge in [-0.1, -0.05) is 0 Å². The van der Waals surface area contributed by atoms with Gasteiger partial charge in [-0.25, -0.2) is 22.7 Å². The number of methoxy groups -OCH3 is 2. The zero-order chi connectivity index (χ0) is 16.8. The van der Waals surface area contributed by atoms with Crippen LogP contribution >= 0.6 is 0 Å². The molecule has 1 aromatic carbocycles. The van der Waals surface area contributed by atoms with Crippen molar-refractivity contribution in [2.75, 3.05) is 27.3 Å². The zero-order valence-corrected chi connectivity index (χ0v) is 13.1. The summed E-state index contributed by atoms with van der Waals surface area (Å²) < 4.78 is 35.8. The molecule has 22 heavy (non-hydrogen) atoms.